The van der Waals surface area contributed by atoms with E-state index < -0.39 is 11.0 Å². The van der Waals surface area contributed by atoms with E-state index in [1.165, 1.54) is 0 Å². The van der Waals surface area contributed by atoms with Gasteiger partial charge < -0.3 is 14.7 Å². The van der Waals surface area contributed by atoms with Gasteiger partial charge in [-0.05, 0) is 39.5 Å². The van der Waals surface area contributed by atoms with E-state index in [1.807, 2.05) is 0 Å². The number of piperidine rings is 1. The Kier molecular flexibility index (Phi) is 3.96. The van der Waals surface area contributed by atoms with E-state index in [1.54, 1.807) is 0 Å². The van der Waals surface area contributed by atoms with Crippen LogP contribution in [0, 0.1) is 16.7 Å². The number of likely N-dealkylation sites (tertiary alicyclic amines) is 1. The third-order valence-corrected chi connectivity index (χ3v) is 4.81. The number of hydrogen-bond acceptors (Lipinski definition) is 4. The Balaban J connectivity index is 2.09. The van der Waals surface area contributed by atoms with E-state index >= 15 is 0 Å². The van der Waals surface area contributed by atoms with Crippen LogP contribution in [0.4, 0.5) is 0 Å². The number of ether oxygens (including phenoxy) is 1. The van der Waals surface area contributed by atoms with E-state index in [0.717, 1.165) is 13.1 Å². The maximum atomic E-state index is 10.9. The Bertz CT molecular complexity index is 321. The molecule has 102 valence electrons. The number of nitriles is 1. The zero-order valence-corrected chi connectivity index (χ0v) is 11.5. The fourth-order valence-electron chi connectivity index (χ4n) is 3.29. The van der Waals surface area contributed by atoms with E-state index in [0.29, 0.717) is 44.9 Å². The minimum Gasteiger partial charge on any atom is -0.388 e. The highest BCUT2D eigenvalue weighted by atomic mass is 16.5. The summed E-state index contributed by atoms with van der Waals surface area (Å²) in [7, 11) is 0. The summed E-state index contributed by atoms with van der Waals surface area (Å²) in [5.41, 5.74) is -1.41. The summed E-state index contributed by atoms with van der Waals surface area (Å²) in [4.78, 5) is 2.37. The highest BCUT2D eigenvalue weighted by molar-refractivity contribution is 5.13. The molecule has 4 heteroatoms. The zero-order valence-electron chi connectivity index (χ0n) is 11.5. The smallest absolute Gasteiger partial charge is 0.0904 e. The average Bonchev–Trinajstić information content (AvgIpc) is 2.40. The molecule has 0 aromatic rings. The van der Waals surface area contributed by atoms with Crippen molar-refractivity contribution in [1.82, 2.24) is 4.90 Å². The summed E-state index contributed by atoms with van der Waals surface area (Å²) >= 11 is 0. The van der Waals surface area contributed by atoms with Crippen LogP contribution in [0.2, 0.25) is 0 Å². The van der Waals surface area contributed by atoms with Crippen molar-refractivity contribution in [3.63, 3.8) is 0 Å². The van der Waals surface area contributed by atoms with Crippen molar-refractivity contribution < 1.29 is 9.84 Å². The predicted octanol–water partition coefficient (Wildman–Crippen LogP) is 1.54. The van der Waals surface area contributed by atoms with Gasteiger partial charge in [0.15, 0.2) is 0 Å². The summed E-state index contributed by atoms with van der Waals surface area (Å²) in [6, 6.07) is 2.94. The molecule has 2 aliphatic heterocycles. The SMILES string of the molecule is CC(C)N1CCC(O)(C2(C#N)CCOCC2)CC1. The topological polar surface area (TPSA) is 56.5 Å². The zero-order chi connectivity index (χ0) is 13.2. The first-order valence-corrected chi connectivity index (χ1v) is 6.98. The van der Waals surface area contributed by atoms with Gasteiger partial charge in [-0.1, -0.05) is 0 Å². The molecule has 1 N–H and O–H groups in total. The lowest BCUT2D eigenvalue weighted by Gasteiger charge is -2.49. The number of nitrogens with zero attached hydrogens (tertiary/aromatic N) is 2. The molecule has 0 amide bonds. The summed E-state index contributed by atoms with van der Waals surface area (Å²) < 4.78 is 5.35. The van der Waals surface area contributed by atoms with E-state index in [4.69, 9.17) is 4.74 Å². The first-order chi connectivity index (χ1) is 8.53. The van der Waals surface area contributed by atoms with Gasteiger partial charge in [0.2, 0.25) is 0 Å². The molecule has 0 aliphatic carbocycles. The first-order valence-electron chi connectivity index (χ1n) is 6.98. The van der Waals surface area contributed by atoms with Crippen molar-refractivity contribution in [1.29, 1.82) is 5.26 Å². The van der Waals surface area contributed by atoms with Crippen LogP contribution in [-0.4, -0.2) is 48.0 Å². The average molecular weight is 252 g/mol. The molecule has 2 saturated heterocycles. The molecule has 0 aromatic carbocycles. The molecule has 0 saturated carbocycles. The second kappa shape index (κ2) is 5.16. The van der Waals surface area contributed by atoms with Crippen molar-refractivity contribution in [3.05, 3.63) is 0 Å². The molecule has 2 aliphatic rings. The van der Waals surface area contributed by atoms with Crippen LogP contribution in [0.1, 0.15) is 39.5 Å². The van der Waals surface area contributed by atoms with Crippen LogP contribution < -0.4 is 0 Å². The second-order valence-electron chi connectivity index (χ2n) is 5.97. The highest BCUT2D eigenvalue weighted by Crippen LogP contribution is 2.46. The Morgan fingerprint density at radius 2 is 1.72 bits per heavy atom. The Hall–Kier alpha value is -0.630. The molecule has 0 bridgehead atoms. The summed E-state index contributed by atoms with van der Waals surface area (Å²) in [6.45, 7) is 7.34. The fraction of sp³-hybridized carbons (Fsp3) is 0.929. The Morgan fingerprint density at radius 1 is 1.17 bits per heavy atom. The van der Waals surface area contributed by atoms with Crippen LogP contribution in [0.25, 0.3) is 0 Å². The van der Waals surface area contributed by atoms with Crippen LogP contribution in [0.5, 0.6) is 0 Å². The molecular weight excluding hydrogens is 228 g/mol. The third-order valence-electron chi connectivity index (χ3n) is 4.81. The molecular formula is C14H24N2O2. The van der Waals surface area contributed by atoms with Gasteiger partial charge in [0.25, 0.3) is 0 Å². The molecule has 18 heavy (non-hydrogen) atoms. The van der Waals surface area contributed by atoms with Gasteiger partial charge in [0.05, 0.1) is 17.1 Å². The van der Waals surface area contributed by atoms with Crippen LogP contribution in [0.3, 0.4) is 0 Å². The van der Waals surface area contributed by atoms with Gasteiger partial charge in [-0.2, -0.15) is 5.26 Å². The highest BCUT2D eigenvalue weighted by Gasteiger charge is 2.52. The summed E-state index contributed by atoms with van der Waals surface area (Å²) in [6.07, 6.45) is 2.75. The lowest BCUT2D eigenvalue weighted by atomic mass is 9.64. The second-order valence-corrected chi connectivity index (χ2v) is 5.97. The molecule has 0 aromatic heterocycles. The summed E-state index contributed by atoms with van der Waals surface area (Å²) in [5.74, 6) is 0. The van der Waals surface area contributed by atoms with E-state index in [9.17, 15) is 10.4 Å². The van der Waals surface area contributed by atoms with Gasteiger partial charge in [0, 0.05) is 32.3 Å². The van der Waals surface area contributed by atoms with Crippen molar-refractivity contribution in [2.75, 3.05) is 26.3 Å². The summed E-state index contributed by atoms with van der Waals surface area (Å²) in [5, 5.41) is 20.5. The monoisotopic (exact) mass is 252 g/mol. The maximum absolute atomic E-state index is 10.9. The van der Waals surface area contributed by atoms with E-state index in [-0.39, 0.29) is 0 Å². The van der Waals surface area contributed by atoms with Crippen molar-refractivity contribution in [2.45, 2.75) is 51.2 Å². The lowest BCUT2D eigenvalue weighted by molar-refractivity contribution is -0.134. The minimum atomic E-state index is -0.822. The number of aliphatic hydroxyl groups is 1. The minimum absolute atomic E-state index is 0.516. The molecule has 2 rings (SSSR count). The van der Waals surface area contributed by atoms with Crippen molar-refractivity contribution in [2.24, 2.45) is 5.41 Å². The Morgan fingerprint density at radius 3 is 2.17 bits per heavy atom. The van der Waals surface area contributed by atoms with Crippen LogP contribution in [0.15, 0.2) is 0 Å². The van der Waals surface area contributed by atoms with Crippen LogP contribution in [-0.2, 0) is 4.74 Å². The Labute approximate surface area is 110 Å². The fourth-order valence-corrected chi connectivity index (χ4v) is 3.29. The van der Waals surface area contributed by atoms with Crippen molar-refractivity contribution >= 4 is 0 Å². The number of rotatable bonds is 2. The van der Waals surface area contributed by atoms with Gasteiger partial charge in [-0.3, -0.25) is 0 Å². The van der Waals surface area contributed by atoms with E-state index in [2.05, 4.69) is 24.8 Å². The predicted molar refractivity (Wildman–Crippen MR) is 69.0 cm³/mol. The quantitative estimate of drug-likeness (QED) is 0.810. The van der Waals surface area contributed by atoms with Crippen molar-refractivity contribution in [3.8, 4) is 6.07 Å². The molecule has 0 unspecified atom stereocenters. The first kappa shape index (κ1) is 13.8. The lowest BCUT2D eigenvalue weighted by Crippen LogP contribution is -2.57. The molecule has 2 heterocycles. The molecule has 0 spiro atoms. The van der Waals surface area contributed by atoms with Gasteiger partial charge in [-0.25, -0.2) is 0 Å². The third kappa shape index (κ3) is 2.27. The molecule has 0 atom stereocenters. The maximum Gasteiger partial charge on any atom is 0.0904 e. The van der Waals surface area contributed by atoms with Gasteiger partial charge in [-0.15, -0.1) is 0 Å². The largest absolute Gasteiger partial charge is 0.388 e. The molecule has 4 nitrogen and oxygen atoms in total. The molecule has 2 fully saturated rings. The van der Waals surface area contributed by atoms with Gasteiger partial charge >= 0.3 is 0 Å². The van der Waals surface area contributed by atoms with Gasteiger partial charge in [0.1, 0.15) is 0 Å². The molecule has 0 radical (unpaired) electrons. The van der Waals surface area contributed by atoms with Crippen LogP contribution >= 0.6 is 0 Å². The number of hydrogen-bond donors (Lipinski definition) is 1. The normalized spacial score (nSPS) is 27.9. The standard InChI is InChI=1S/C14H24N2O2/c1-12(2)16-7-3-14(17,4-8-16)13(11-15)5-9-18-10-6-13/h12,17H,3-10H2,1-2H3.